The van der Waals surface area contributed by atoms with E-state index in [1.165, 1.54) is 24.0 Å². The smallest absolute Gasteiger partial charge is 0.317 e. The topological polar surface area (TPSA) is 55.8 Å². The molecule has 0 bridgehead atoms. The number of hydrogen-bond acceptors (Lipinski definition) is 3. The lowest BCUT2D eigenvalue weighted by molar-refractivity contribution is 0.188. The predicted octanol–water partition coefficient (Wildman–Crippen LogP) is 2.40. The van der Waals surface area contributed by atoms with Crippen molar-refractivity contribution in [2.45, 2.75) is 32.7 Å². The lowest BCUT2D eigenvalue weighted by Crippen LogP contribution is -2.43. The monoisotopic (exact) mass is 345 g/mol. The lowest BCUT2D eigenvalue weighted by Gasteiger charge is -2.29. The average molecular weight is 345 g/mol. The van der Waals surface area contributed by atoms with E-state index in [1.807, 2.05) is 4.90 Å². The molecule has 2 aliphatic rings. The first-order chi connectivity index (χ1) is 12.1. The number of hydrogen-bond donors (Lipinski definition) is 2. The van der Waals surface area contributed by atoms with Crippen molar-refractivity contribution in [1.29, 1.82) is 0 Å². The minimum absolute atomic E-state index is 0.000825. The van der Waals surface area contributed by atoms with Crippen molar-refractivity contribution in [1.82, 2.24) is 15.1 Å². The van der Waals surface area contributed by atoms with Gasteiger partial charge in [-0.2, -0.15) is 0 Å². The van der Waals surface area contributed by atoms with E-state index >= 15 is 0 Å². The highest BCUT2D eigenvalue weighted by Gasteiger charge is 2.32. The van der Waals surface area contributed by atoms with Gasteiger partial charge in [0.15, 0.2) is 0 Å². The average Bonchev–Trinajstić information content (AvgIpc) is 3.26. The third kappa shape index (κ3) is 4.33. The van der Waals surface area contributed by atoms with Crippen LogP contribution in [0.3, 0.4) is 0 Å². The largest absolute Gasteiger partial charge is 0.396 e. The van der Waals surface area contributed by atoms with E-state index in [9.17, 15) is 9.90 Å². The highest BCUT2D eigenvalue weighted by atomic mass is 16.3. The number of amides is 2. The minimum Gasteiger partial charge on any atom is -0.396 e. The summed E-state index contributed by atoms with van der Waals surface area (Å²) in [4.78, 5) is 16.9. The summed E-state index contributed by atoms with van der Waals surface area (Å²) in [7, 11) is 0. The van der Waals surface area contributed by atoms with E-state index in [0.29, 0.717) is 19.0 Å². The van der Waals surface area contributed by atoms with Crippen molar-refractivity contribution in [3.8, 4) is 0 Å². The maximum absolute atomic E-state index is 12.6. The quantitative estimate of drug-likeness (QED) is 0.862. The van der Waals surface area contributed by atoms with Crippen LogP contribution in [0.2, 0.25) is 0 Å². The molecule has 2 heterocycles. The first kappa shape index (κ1) is 18.2. The van der Waals surface area contributed by atoms with Crippen LogP contribution in [0.5, 0.6) is 0 Å². The molecule has 5 nitrogen and oxygen atoms in total. The molecular formula is C20H31N3O2. The van der Waals surface area contributed by atoms with Crippen LogP contribution in [-0.2, 0) is 0 Å². The molecule has 2 amide bonds. The molecule has 25 heavy (non-hydrogen) atoms. The molecule has 0 saturated carbocycles. The molecule has 0 unspecified atom stereocenters. The normalized spacial score (nSPS) is 25.3. The van der Waals surface area contributed by atoms with Crippen LogP contribution >= 0.6 is 0 Å². The Morgan fingerprint density at radius 3 is 2.52 bits per heavy atom. The Hall–Kier alpha value is -1.59. The van der Waals surface area contributed by atoms with Crippen LogP contribution < -0.4 is 5.32 Å². The lowest BCUT2D eigenvalue weighted by atomic mass is 10.00. The molecule has 138 valence electrons. The number of aryl methyl sites for hydroxylation is 1. The van der Waals surface area contributed by atoms with Gasteiger partial charge in [-0.05, 0) is 44.3 Å². The molecule has 3 atom stereocenters. The molecule has 0 radical (unpaired) electrons. The van der Waals surface area contributed by atoms with Gasteiger partial charge in [0.1, 0.15) is 0 Å². The molecule has 0 aromatic heterocycles. The number of aliphatic hydroxyl groups is 1. The molecule has 3 rings (SSSR count). The zero-order chi connectivity index (χ0) is 17.8. The Bertz CT molecular complexity index is 569. The molecule has 2 aliphatic heterocycles. The third-order valence-electron chi connectivity index (χ3n) is 5.78. The highest BCUT2D eigenvalue weighted by molar-refractivity contribution is 5.74. The van der Waals surface area contributed by atoms with Gasteiger partial charge in [-0.25, -0.2) is 4.79 Å². The number of carbonyl (C=O) groups excluding carboxylic acids is 1. The minimum atomic E-state index is -0.000825. The maximum Gasteiger partial charge on any atom is 0.317 e. The molecule has 1 aromatic rings. The summed E-state index contributed by atoms with van der Waals surface area (Å²) in [5.74, 6) is 0.569. The number of benzene rings is 1. The van der Waals surface area contributed by atoms with E-state index < -0.39 is 0 Å². The van der Waals surface area contributed by atoms with Gasteiger partial charge in [0.05, 0.1) is 6.04 Å². The fourth-order valence-electron chi connectivity index (χ4n) is 4.03. The van der Waals surface area contributed by atoms with E-state index in [1.54, 1.807) is 0 Å². The van der Waals surface area contributed by atoms with Crippen LogP contribution in [0.15, 0.2) is 24.3 Å². The summed E-state index contributed by atoms with van der Waals surface area (Å²) in [5.41, 5.74) is 2.53. The zero-order valence-corrected chi connectivity index (χ0v) is 15.4. The van der Waals surface area contributed by atoms with Crippen LogP contribution in [-0.4, -0.2) is 60.3 Å². The van der Waals surface area contributed by atoms with Gasteiger partial charge >= 0.3 is 6.03 Å². The molecule has 0 spiro atoms. The van der Waals surface area contributed by atoms with Gasteiger partial charge in [0, 0.05) is 32.2 Å². The predicted molar refractivity (Wildman–Crippen MR) is 99.4 cm³/mol. The van der Waals surface area contributed by atoms with E-state index in [-0.39, 0.29) is 24.6 Å². The van der Waals surface area contributed by atoms with Crippen molar-refractivity contribution >= 4 is 6.03 Å². The first-order valence-corrected chi connectivity index (χ1v) is 9.52. The molecule has 2 N–H and O–H groups in total. The number of nitrogens with one attached hydrogen (secondary N) is 1. The molecule has 1 aromatic carbocycles. The second kappa shape index (κ2) is 8.19. The number of urea groups is 1. The Balaban J connectivity index is 1.62. The van der Waals surface area contributed by atoms with Crippen LogP contribution in [0.1, 0.15) is 36.9 Å². The summed E-state index contributed by atoms with van der Waals surface area (Å²) < 4.78 is 0. The van der Waals surface area contributed by atoms with Gasteiger partial charge in [-0.3, -0.25) is 4.90 Å². The summed E-state index contributed by atoms with van der Waals surface area (Å²) >= 11 is 0. The van der Waals surface area contributed by atoms with Crippen molar-refractivity contribution < 1.29 is 9.90 Å². The first-order valence-electron chi connectivity index (χ1n) is 9.52. The number of nitrogens with zero attached hydrogens (tertiary/aromatic N) is 2. The molecule has 2 saturated heterocycles. The Labute approximate surface area is 151 Å². The van der Waals surface area contributed by atoms with Gasteiger partial charge in [-0.15, -0.1) is 0 Å². The van der Waals surface area contributed by atoms with E-state index in [0.717, 1.165) is 19.6 Å². The van der Waals surface area contributed by atoms with Crippen molar-refractivity contribution in [3.63, 3.8) is 0 Å². The second-order valence-corrected chi connectivity index (χ2v) is 7.68. The highest BCUT2D eigenvalue weighted by Crippen LogP contribution is 2.26. The summed E-state index contributed by atoms with van der Waals surface area (Å²) in [6.07, 6.45) is 2.47. The maximum atomic E-state index is 12.6. The zero-order valence-electron chi connectivity index (χ0n) is 15.4. The summed E-state index contributed by atoms with van der Waals surface area (Å²) in [5, 5.41) is 12.5. The van der Waals surface area contributed by atoms with Crippen molar-refractivity contribution in [2.75, 3.05) is 39.3 Å². The molecule has 0 aliphatic carbocycles. The van der Waals surface area contributed by atoms with Crippen LogP contribution in [0.25, 0.3) is 0 Å². The fraction of sp³-hybridized carbons (Fsp3) is 0.650. The van der Waals surface area contributed by atoms with Crippen LogP contribution in [0, 0.1) is 18.8 Å². The van der Waals surface area contributed by atoms with Gasteiger partial charge in [0.2, 0.25) is 0 Å². The van der Waals surface area contributed by atoms with Gasteiger partial charge in [0.25, 0.3) is 0 Å². The van der Waals surface area contributed by atoms with Gasteiger partial charge in [-0.1, -0.05) is 36.8 Å². The Morgan fingerprint density at radius 1 is 1.24 bits per heavy atom. The molecule has 2 fully saturated rings. The molecule has 5 heteroatoms. The van der Waals surface area contributed by atoms with Crippen LogP contribution in [0.4, 0.5) is 4.79 Å². The summed E-state index contributed by atoms with van der Waals surface area (Å²) in [6.45, 7) is 8.58. The Morgan fingerprint density at radius 2 is 1.92 bits per heavy atom. The third-order valence-corrected chi connectivity index (χ3v) is 5.78. The fourth-order valence-corrected chi connectivity index (χ4v) is 4.03. The van der Waals surface area contributed by atoms with Crippen molar-refractivity contribution in [3.05, 3.63) is 35.4 Å². The SMILES string of the molecule is Cc1ccc([C@H](CNC(=O)N2C[C@@H](CO)[C@H](C)C2)N2CCCC2)cc1. The van der Waals surface area contributed by atoms with E-state index in [4.69, 9.17) is 0 Å². The Kier molecular flexibility index (Phi) is 5.97. The van der Waals surface area contributed by atoms with Crippen molar-refractivity contribution in [2.24, 2.45) is 11.8 Å². The summed E-state index contributed by atoms with van der Waals surface area (Å²) in [6, 6.07) is 8.90. The number of carbonyl (C=O) groups is 1. The second-order valence-electron chi connectivity index (χ2n) is 7.68. The number of likely N-dealkylation sites (tertiary alicyclic amines) is 2. The number of rotatable bonds is 5. The van der Waals surface area contributed by atoms with Gasteiger partial charge < -0.3 is 15.3 Å². The number of aliphatic hydroxyl groups excluding tert-OH is 1. The standard InChI is InChI=1S/C20H31N3O2/c1-15-5-7-17(8-6-15)19(22-9-3-4-10-22)11-21-20(25)23-12-16(2)18(13-23)14-24/h5-8,16,18-19,24H,3-4,9-14H2,1-2H3,(H,21,25)/t16-,18+,19+/m1/s1. The van der Waals surface area contributed by atoms with E-state index in [2.05, 4.69) is 48.3 Å². The molecular weight excluding hydrogens is 314 g/mol.